The van der Waals surface area contributed by atoms with Crippen LogP contribution in [0.3, 0.4) is 0 Å². The molecule has 1 aromatic carbocycles. The quantitative estimate of drug-likeness (QED) is 0.738. The summed E-state index contributed by atoms with van der Waals surface area (Å²) in [6.07, 6.45) is 3.03. The maximum absolute atomic E-state index is 12.4. The van der Waals surface area contributed by atoms with Crippen LogP contribution >= 0.6 is 0 Å². The molecule has 1 aromatic rings. The number of hydrogen-bond donors (Lipinski definition) is 0. The SMILES string of the molecule is O=C1N2C(COC2c2ccccc2)CC12CC2. The van der Waals surface area contributed by atoms with Gasteiger partial charge in [0.25, 0.3) is 0 Å². The van der Waals surface area contributed by atoms with Crippen LogP contribution in [0.2, 0.25) is 0 Å². The molecule has 4 rings (SSSR count). The first-order valence-corrected chi connectivity index (χ1v) is 6.30. The minimum atomic E-state index is -0.145. The smallest absolute Gasteiger partial charge is 0.231 e. The largest absolute Gasteiger partial charge is 0.352 e. The molecule has 0 aromatic heterocycles. The van der Waals surface area contributed by atoms with Crippen molar-refractivity contribution in [2.75, 3.05) is 6.61 Å². The monoisotopic (exact) mass is 229 g/mol. The number of nitrogens with zero attached hydrogens (tertiary/aromatic N) is 1. The van der Waals surface area contributed by atoms with Gasteiger partial charge in [-0.15, -0.1) is 0 Å². The molecule has 3 fully saturated rings. The zero-order chi connectivity index (χ0) is 11.5. The molecule has 3 nitrogen and oxygen atoms in total. The highest BCUT2D eigenvalue weighted by Gasteiger charge is 2.62. The summed E-state index contributed by atoms with van der Waals surface area (Å²) in [5, 5.41) is 0. The summed E-state index contributed by atoms with van der Waals surface area (Å²) < 4.78 is 5.80. The molecule has 2 unspecified atom stereocenters. The van der Waals surface area contributed by atoms with Crippen molar-refractivity contribution in [2.24, 2.45) is 5.41 Å². The lowest BCUT2D eigenvalue weighted by Gasteiger charge is -2.23. The van der Waals surface area contributed by atoms with Gasteiger partial charge in [-0.25, -0.2) is 0 Å². The lowest BCUT2D eigenvalue weighted by molar-refractivity contribution is -0.138. The van der Waals surface area contributed by atoms with Gasteiger partial charge in [0, 0.05) is 5.56 Å². The van der Waals surface area contributed by atoms with E-state index in [1.54, 1.807) is 0 Å². The first kappa shape index (κ1) is 9.66. The van der Waals surface area contributed by atoms with E-state index in [1.807, 2.05) is 35.2 Å². The first-order valence-electron chi connectivity index (χ1n) is 6.30. The topological polar surface area (TPSA) is 29.5 Å². The highest BCUT2D eigenvalue weighted by molar-refractivity contribution is 5.88. The lowest BCUT2D eigenvalue weighted by Crippen LogP contribution is -2.32. The van der Waals surface area contributed by atoms with Crippen LogP contribution in [0.15, 0.2) is 30.3 Å². The molecule has 1 saturated carbocycles. The Labute approximate surface area is 100 Å². The average molecular weight is 229 g/mol. The Bertz CT molecular complexity index is 466. The molecular weight excluding hydrogens is 214 g/mol. The molecule has 1 aliphatic carbocycles. The second kappa shape index (κ2) is 3.10. The molecule has 2 atom stereocenters. The molecule has 17 heavy (non-hydrogen) atoms. The Morgan fingerprint density at radius 3 is 2.71 bits per heavy atom. The van der Waals surface area contributed by atoms with Crippen LogP contribution in [-0.4, -0.2) is 23.5 Å². The van der Waals surface area contributed by atoms with Gasteiger partial charge < -0.3 is 9.64 Å². The summed E-state index contributed by atoms with van der Waals surface area (Å²) in [5.41, 5.74) is 1.11. The molecule has 2 saturated heterocycles. The summed E-state index contributed by atoms with van der Waals surface area (Å²) in [6, 6.07) is 10.4. The van der Waals surface area contributed by atoms with Crippen molar-refractivity contribution < 1.29 is 9.53 Å². The van der Waals surface area contributed by atoms with Crippen LogP contribution in [0.5, 0.6) is 0 Å². The Morgan fingerprint density at radius 2 is 2.00 bits per heavy atom. The van der Waals surface area contributed by atoms with Crippen LogP contribution in [0.1, 0.15) is 31.1 Å². The summed E-state index contributed by atoms with van der Waals surface area (Å²) in [7, 11) is 0. The number of benzene rings is 1. The van der Waals surface area contributed by atoms with E-state index in [9.17, 15) is 4.79 Å². The van der Waals surface area contributed by atoms with Crippen molar-refractivity contribution in [3.8, 4) is 0 Å². The Kier molecular flexibility index (Phi) is 1.76. The van der Waals surface area contributed by atoms with Crippen molar-refractivity contribution in [1.29, 1.82) is 0 Å². The van der Waals surface area contributed by atoms with Crippen LogP contribution in [0.25, 0.3) is 0 Å². The fraction of sp³-hybridized carbons (Fsp3) is 0.500. The lowest BCUT2D eigenvalue weighted by atomic mass is 10.0. The minimum absolute atomic E-state index is 0.0154. The van der Waals surface area contributed by atoms with Crippen LogP contribution in [0, 0.1) is 5.41 Å². The number of rotatable bonds is 1. The van der Waals surface area contributed by atoms with Gasteiger partial charge in [-0.2, -0.15) is 0 Å². The standard InChI is InChI=1S/C14H15NO2/c16-13-14(6-7-14)8-11-9-17-12(15(11)13)10-4-2-1-3-5-10/h1-5,11-12H,6-9H2. The predicted molar refractivity (Wildman–Crippen MR) is 62.1 cm³/mol. The van der Waals surface area contributed by atoms with E-state index >= 15 is 0 Å². The summed E-state index contributed by atoms with van der Waals surface area (Å²) >= 11 is 0. The second-order valence-electron chi connectivity index (χ2n) is 5.45. The van der Waals surface area contributed by atoms with Gasteiger partial charge >= 0.3 is 0 Å². The predicted octanol–water partition coefficient (Wildman–Crippen LogP) is 2.10. The van der Waals surface area contributed by atoms with E-state index in [4.69, 9.17) is 4.74 Å². The van der Waals surface area contributed by atoms with Gasteiger partial charge in [-0.05, 0) is 19.3 Å². The number of carbonyl (C=O) groups excluding carboxylic acids is 1. The molecule has 88 valence electrons. The van der Waals surface area contributed by atoms with Gasteiger partial charge in [0.05, 0.1) is 18.1 Å². The second-order valence-corrected chi connectivity index (χ2v) is 5.45. The number of hydrogen-bond acceptors (Lipinski definition) is 2. The molecule has 0 bridgehead atoms. The third-order valence-corrected chi connectivity index (χ3v) is 4.35. The van der Waals surface area contributed by atoms with E-state index in [1.165, 1.54) is 0 Å². The van der Waals surface area contributed by atoms with E-state index in [-0.39, 0.29) is 11.6 Å². The van der Waals surface area contributed by atoms with Crippen LogP contribution < -0.4 is 0 Å². The van der Waals surface area contributed by atoms with Gasteiger partial charge in [0.2, 0.25) is 5.91 Å². The highest BCUT2D eigenvalue weighted by Crippen LogP contribution is 2.58. The van der Waals surface area contributed by atoms with Crippen molar-refractivity contribution in [2.45, 2.75) is 31.5 Å². The summed E-state index contributed by atoms with van der Waals surface area (Å²) in [6.45, 7) is 0.701. The Morgan fingerprint density at radius 1 is 1.24 bits per heavy atom. The third kappa shape index (κ3) is 1.23. The van der Waals surface area contributed by atoms with Gasteiger partial charge in [-0.3, -0.25) is 4.79 Å². The van der Waals surface area contributed by atoms with Crippen molar-refractivity contribution in [3.05, 3.63) is 35.9 Å². The normalized spacial score (nSPS) is 33.2. The van der Waals surface area contributed by atoms with Gasteiger partial charge in [-0.1, -0.05) is 30.3 Å². The number of ether oxygens (including phenoxy) is 1. The molecule has 3 aliphatic rings. The average Bonchev–Trinajstić information content (AvgIpc) is 2.94. The van der Waals surface area contributed by atoms with E-state index in [0.29, 0.717) is 18.6 Å². The molecule has 1 amide bonds. The van der Waals surface area contributed by atoms with E-state index in [2.05, 4.69) is 0 Å². The van der Waals surface area contributed by atoms with Crippen molar-refractivity contribution in [3.63, 3.8) is 0 Å². The zero-order valence-corrected chi connectivity index (χ0v) is 9.63. The molecule has 3 heteroatoms. The highest BCUT2D eigenvalue weighted by atomic mass is 16.5. The molecule has 1 spiro atoms. The Balaban J connectivity index is 1.69. The van der Waals surface area contributed by atoms with Gasteiger partial charge in [0.15, 0.2) is 6.23 Å². The fourth-order valence-electron chi connectivity index (χ4n) is 3.24. The fourth-order valence-corrected chi connectivity index (χ4v) is 3.24. The zero-order valence-electron chi connectivity index (χ0n) is 9.63. The Hall–Kier alpha value is -1.35. The van der Waals surface area contributed by atoms with E-state index in [0.717, 1.165) is 24.8 Å². The molecule has 0 radical (unpaired) electrons. The molecular formula is C14H15NO2. The van der Waals surface area contributed by atoms with Crippen molar-refractivity contribution in [1.82, 2.24) is 4.90 Å². The van der Waals surface area contributed by atoms with Crippen LogP contribution in [0.4, 0.5) is 0 Å². The first-order chi connectivity index (χ1) is 8.30. The maximum Gasteiger partial charge on any atom is 0.231 e. The number of amides is 1. The number of carbonyl (C=O) groups is 1. The number of fused-ring (bicyclic) bond motifs is 1. The summed E-state index contributed by atoms with van der Waals surface area (Å²) in [4.78, 5) is 14.4. The third-order valence-electron chi connectivity index (χ3n) is 4.35. The van der Waals surface area contributed by atoms with Gasteiger partial charge in [0.1, 0.15) is 0 Å². The molecule has 2 heterocycles. The van der Waals surface area contributed by atoms with Crippen LogP contribution in [-0.2, 0) is 9.53 Å². The molecule has 0 N–H and O–H groups in total. The maximum atomic E-state index is 12.4. The molecule has 2 aliphatic heterocycles. The minimum Gasteiger partial charge on any atom is -0.352 e. The van der Waals surface area contributed by atoms with Crippen molar-refractivity contribution >= 4 is 5.91 Å². The summed E-state index contributed by atoms with van der Waals surface area (Å²) in [5.74, 6) is 0.328. The van der Waals surface area contributed by atoms with E-state index < -0.39 is 0 Å².